The van der Waals surface area contributed by atoms with E-state index in [0.29, 0.717) is 11.5 Å². The van der Waals surface area contributed by atoms with Crippen LogP contribution in [0.15, 0.2) is 78.9 Å². The Hall–Kier alpha value is -2.86. The van der Waals surface area contributed by atoms with Gasteiger partial charge in [0.15, 0.2) is 0 Å². The second-order valence-corrected chi connectivity index (χ2v) is 6.92. The van der Waals surface area contributed by atoms with E-state index in [1.165, 1.54) is 0 Å². The normalized spacial score (nSPS) is 13.6. The van der Waals surface area contributed by atoms with Crippen LogP contribution in [0.4, 0.5) is 0 Å². The Morgan fingerprint density at radius 3 is 1.55 bits per heavy atom. The van der Waals surface area contributed by atoms with Crippen LogP contribution in [-0.4, -0.2) is 43.2 Å². The van der Waals surface area contributed by atoms with Crippen molar-refractivity contribution >= 4 is 0 Å². The van der Waals surface area contributed by atoms with Gasteiger partial charge in [0.05, 0.1) is 38.4 Å². The molecule has 2 atom stereocenters. The number of aliphatic hydroxyl groups is 2. The van der Waals surface area contributed by atoms with Gasteiger partial charge in [-0.25, -0.2) is 0 Å². The molecule has 0 radical (unpaired) electrons. The van der Waals surface area contributed by atoms with E-state index < -0.39 is 17.6 Å². The Bertz CT molecular complexity index is 847. The van der Waals surface area contributed by atoms with Gasteiger partial charge in [0, 0.05) is 0 Å². The van der Waals surface area contributed by atoms with Crippen LogP contribution in [0.1, 0.15) is 16.7 Å². The average molecular weight is 393 g/mol. The number of benzene rings is 3. The number of nitrogens with two attached hydrogens (primary N) is 1. The van der Waals surface area contributed by atoms with Gasteiger partial charge >= 0.3 is 0 Å². The van der Waals surface area contributed by atoms with Gasteiger partial charge in [0.1, 0.15) is 11.5 Å². The monoisotopic (exact) mass is 393 g/mol. The third kappa shape index (κ3) is 3.85. The zero-order valence-electron chi connectivity index (χ0n) is 16.7. The molecule has 29 heavy (non-hydrogen) atoms. The average Bonchev–Trinajstić information content (AvgIpc) is 2.80. The quantitative estimate of drug-likeness (QED) is 0.513. The number of hydrogen-bond acceptors (Lipinski definition) is 5. The molecule has 0 spiro atoms. The van der Waals surface area contributed by atoms with Gasteiger partial charge in [-0.2, -0.15) is 0 Å². The van der Waals surface area contributed by atoms with E-state index in [9.17, 15) is 10.2 Å². The lowest BCUT2D eigenvalue weighted by atomic mass is 9.64. The van der Waals surface area contributed by atoms with Crippen molar-refractivity contribution in [2.45, 2.75) is 17.6 Å². The van der Waals surface area contributed by atoms with Crippen molar-refractivity contribution in [2.75, 3.05) is 20.8 Å². The zero-order valence-corrected chi connectivity index (χ0v) is 16.7. The Morgan fingerprint density at radius 1 is 0.759 bits per heavy atom. The van der Waals surface area contributed by atoms with Crippen molar-refractivity contribution in [3.8, 4) is 11.5 Å². The SMILES string of the molecule is COc1ccc(C(c2ccccc2)(c2ccc(OC)cc2)C(O)[C@H](N)CO)cc1. The Balaban J connectivity index is 2.33. The van der Waals surface area contributed by atoms with E-state index >= 15 is 0 Å². The largest absolute Gasteiger partial charge is 0.497 e. The highest BCUT2D eigenvalue weighted by atomic mass is 16.5. The molecule has 3 aromatic rings. The van der Waals surface area contributed by atoms with Crippen molar-refractivity contribution in [1.82, 2.24) is 0 Å². The fraction of sp³-hybridized carbons (Fsp3) is 0.250. The van der Waals surface area contributed by atoms with Gasteiger partial charge in [0.25, 0.3) is 0 Å². The lowest BCUT2D eigenvalue weighted by Crippen LogP contribution is -2.53. The van der Waals surface area contributed by atoms with Crippen LogP contribution in [0.5, 0.6) is 11.5 Å². The van der Waals surface area contributed by atoms with Crippen LogP contribution >= 0.6 is 0 Å². The zero-order chi connectivity index (χ0) is 20.9. The van der Waals surface area contributed by atoms with Crippen LogP contribution in [-0.2, 0) is 5.41 Å². The van der Waals surface area contributed by atoms with Crippen LogP contribution in [0, 0.1) is 0 Å². The minimum atomic E-state index is -1.09. The molecule has 5 heteroatoms. The summed E-state index contributed by atoms with van der Waals surface area (Å²) in [4.78, 5) is 0. The first-order valence-corrected chi connectivity index (χ1v) is 9.47. The van der Waals surface area contributed by atoms with Gasteiger partial charge in [-0.1, -0.05) is 54.6 Å². The van der Waals surface area contributed by atoms with Gasteiger partial charge in [-0.15, -0.1) is 0 Å². The number of aliphatic hydroxyl groups excluding tert-OH is 2. The molecule has 0 fully saturated rings. The van der Waals surface area contributed by atoms with Gasteiger partial charge < -0.3 is 25.4 Å². The first-order valence-electron chi connectivity index (χ1n) is 9.47. The van der Waals surface area contributed by atoms with E-state index in [4.69, 9.17) is 15.2 Å². The van der Waals surface area contributed by atoms with E-state index in [1.807, 2.05) is 78.9 Å². The third-order valence-electron chi connectivity index (χ3n) is 5.38. The molecule has 1 unspecified atom stereocenters. The molecule has 0 aliphatic carbocycles. The summed E-state index contributed by atoms with van der Waals surface area (Å²) in [5, 5.41) is 21.2. The first-order chi connectivity index (χ1) is 14.1. The minimum Gasteiger partial charge on any atom is -0.497 e. The molecular weight excluding hydrogens is 366 g/mol. The number of methoxy groups -OCH3 is 2. The van der Waals surface area contributed by atoms with E-state index in [-0.39, 0.29) is 6.61 Å². The summed E-state index contributed by atoms with van der Waals surface area (Å²) in [6.45, 7) is -0.345. The highest BCUT2D eigenvalue weighted by molar-refractivity contribution is 5.54. The second-order valence-electron chi connectivity index (χ2n) is 6.92. The van der Waals surface area contributed by atoms with Crippen molar-refractivity contribution in [1.29, 1.82) is 0 Å². The fourth-order valence-electron chi connectivity index (χ4n) is 3.84. The molecule has 0 bridgehead atoms. The molecule has 152 valence electrons. The lowest BCUT2D eigenvalue weighted by Gasteiger charge is -2.42. The maximum Gasteiger partial charge on any atom is 0.118 e. The highest BCUT2D eigenvalue weighted by Gasteiger charge is 2.45. The molecule has 0 aliphatic heterocycles. The van der Waals surface area contributed by atoms with Gasteiger partial charge in [0.2, 0.25) is 0 Å². The van der Waals surface area contributed by atoms with Crippen molar-refractivity contribution in [3.63, 3.8) is 0 Å². The predicted molar refractivity (Wildman–Crippen MR) is 113 cm³/mol. The number of hydrogen-bond donors (Lipinski definition) is 3. The van der Waals surface area contributed by atoms with Crippen molar-refractivity contribution < 1.29 is 19.7 Å². The van der Waals surface area contributed by atoms with E-state index in [1.54, 1.807) is 14.2 Å². The molecule has 0 aliphatic rings. The van der Waals surface area contributed by atoms with Crippen molar-refractivity contribution in [3.05, 3.63) is 95.6 Å². The van der Waals surface area contributed by atoms with Gasteiger partial charge in [-0.05, 0) is 41.0 Å². The summed E-state index contributed by atoms with van der Waals surface area (Å²) in [5.74, 6) is 1.43. The molecule has 4 N–H and O–H groups in total. The van der Waals surface area contributed by atoms with Crippen LogP contribution in [0.25, 0.3) is 0 Å². The number of ether oxygens (including phenoxy) is 2. The maximum absolute atomic E-state index is 11.5. The smallest absolute Gasteiger partial charge is 0.118 e. The van der Waals surface area contributed by atoms with Crippen LogP contribution < -0.4 is 15.2 Å². The lowest BCUT2D eigenvalue weighted by molar-refractivity contribution is 0.0687. The first kappa shape index (κ1) is 20.9. The number of rotatable bonds is 8. The molecule has 0 saturated heterocycles. The maximum atomic E-state index is 11.5. The fourth-order valence-corrected chi connectivity index (χ4v) is 3.84. The molecule has 0 aromatic heterocycles. The van der Waals surface area contributed by atoms with Gasteiger partial charge in [-0.3, -0.25) is 0 Å². The topological polar surface area (TPSA) is 84.9 Å². The predicted octanol–water partition coefficient (Wildman–Crippen LogP) is 2.72. The molecule has 0 heterocycles. The summed E-state index contributed by atoms with van der Waals surface area (Å²) < 4.78 is 10.6. The minimum absolute atomic E-state index is 0.345. The summed E-state index contributed by atoms with van der Waals surface area (Å²) in [6, 6.07) is 23.9. The van der Waals surface area contributed by atoms with E-state index in [2.05, 4.69) is 0 Å². The molecular formula is C24H27NO4. The standard InChI is InChI=1S/C24H27NO4/c1-28-20-12-8-18(9-13-20)24(23(27)22(25)16-26,17-6-4-3-5-7-17)19-10-14-21(29-2)15-11-19/h3-15,22-23,26-27H,16,25H2,1-2H3/t22-,23?/m1/s1. The molecule has 5 nitrogen and oxygen atoms in total. The summed E-state index contributed by atoms with van der Waals surface area (Å²) in [7, 11) is 3.22. The Kier molecular flexibility index (Phi) is 6.54. The van der Waals surface area contributed by atoms with Crippen LogP contribution in [0.2, 0.25) is 0 Å². The molecule has 3 rings (SSSR count). The van der Waals surface area contributed by atoms with Crippen LogP contribution in [0.3, 0.4) is 0 Å². The summed E-state index contributed by atoms with van der Waals surface area (Å²) >= 11 is 0. The Labute approximate surface area is 171 Å². The summed E-state index contributed by atoms with van der Waals surface area (Å²) in [5.41, 5.74) is 7.72. The Morgan fingerprint density at radius 2 is 1.17 bits per heavy atom. The molecule has 0 saturated carbocycles. The highest BCUT2D eigenvalue weighted by Crippen LogP contribution is 2.44. The molecule has 0 amide bonds. The third-order valence-corrected chi connectivity index (χ3v) is 5.38. The second kappa shape index (κ2) is 9.09. The summed E-state index contributed by atoms with van der Waals surface area (Å²) in [6.07, 6.45) is -1.09. The van der Waals surface area contributed by atoms with Crippen molar-refractivity contribution in [2.24, 2.45) is 5.73 Å². The van der Waals surface area contributed by atoms with E-state index in [0.717, 1.165) is 16.7 Å². The molecule has 3 aromatic carbocycles.